The summed E-state index contributed by atoms with van der Waals surface area (Å²) < 4.78 is 6.96. The molecule has 0 unspecified atom stereocenters. The van der Waals surface area contributed by atoms with Gasteiger partial charge in [0.25, 0.3) is 0 Å². The van der Waals surface area contributed by atoms with Crippen LogP contribution in [-0.2, 0) is 6.54 Å². The lowest BCUT2D eigenvalue weighted by molar-refractivity contribution is 0.541. The fourth-order valence-corrected chi connectivity index (χ4v) is 2.42. The van der Waals surface area contributed by atoms with Gasteiger partial charge in [-0.05, 0) is 46.7 Å². The van der Waals surface area contributed by atoms with Gasteiger partial charge >= 0.3 is 0 Å². The quantitative estimate of drug-likeness (QED) is 0.860. The third-order valence-electron chi connectivity index (χ3n) is 2.53. The number of halogens is 1. The first-order valence-corrected chi connectivity index (χ1v) is 6.12. The topological polar surface area (TPSA) is 39.2 Å². The Balaban J connectivity index is 2.76. The Morgan fingerprint density at radius 1 is 1.40 bits per heavy atom. The van der Waals surface area contributed by atoms with Gasteiger partial charge in [0.2, 0.25) is 0 Å². The van der Waals surface area contributed by atoms with Crippen LogP contribution in [-0.4, -0.2) is 0 Å². The Morgan fingerprint density at radius 2 is 2.13 bits per heavy atom. The van der Waals surface area contributed by atoms with E-state index in [9.17, 15) is 0 Å². The summed E-state index contributed by atoms with van der Waals surface area (Å²) >= 11 is 2.32. The molecule has 2 nitrogen and oxygen atoms in total. The minimum atomic E-state index is 0.447. The third kappa shape index (κ3) is 1.90. The zero-order valence-corrected chi connectivity index (χ0v) is 11.0. The van der Waals surface area contributed by atoms with Crippen molar-refractivity contribution in [1.29, 1.82) is 0 Å². The third-order valence-corrected chi connectivity index (χ3v) is 3.20. The number of nitrogens with two attached hydrogens (primary N) is 1. The molecular formula is C12H14INO. The molecule has 0 aliphatic rings. The zero-order chi connectivity index (χ0) is 11.0. The molecule has 0 atom stereocenters. The fourth-order valence-electron chi connectivity index (χ4n) is 1.92. The Labute approximate surface area is 103 Å². The van der Waals surface area contributed by atoms with Crippen LogP contribution in [0.25, 0.3) is 11.0 Å². The highest BCUT2D eigenvalue weighted by Crippen LogP contribution is 2.32. The number of hydrogen-bond donors (Lipinski definition) is 1. The summed E-state index contributed by atoms with van der Waals surface area (Å²) in [6.07, 6.45) is 0. The van der Waals surface area contributed by atoms with E-state index < -0.39 is 0 Å². The molecule has 0 radical (unpaired) electrons. The van der Waals surface area contributed by atoms with Gasteiger partial charge in [0.05, 0.1) is 6.54 Å². The molecule has 2 rings (SSSR count). The van der Waals surface area contributed by atoms with Gasteiger partial charge in [-0.15, -0.1) is 0 Å². The van der Waals surface area contributed by atoms with Crippen molar-refractivity contribution in [3.8, 4) is 0 Å². The van der Waals surface area contributed by atoms with E-state index in [0.717, 1.165) is 11.3 Å². The smallest absolute Gasteiger partial charge is 0.134 e. The van der Waals surface area contributed by atoms with E-state index >= 15 is 0 Å². The summed E-state index contributed by atoms with van der Waals surface area (Å²) in [5.41, 5.74) is 7.89. The van der Waals surface area contributed by atoms with Gasteiger partial charge in [0.1, 0.15) is 11.3 Å². The molecule has 0 aliphatic carbocycles. The van der Waals surface area contributed by atoms with Crippen LogP contribution < -0.4 is 5.73 Å². The van der Waals surface area contributed by atoms with E-state index in [1.54, 1.807) is 0 Å². The Bertz CT molecular complexity index is 488. The first kappa shape index (κ1) is 11.0. The van der Waals surface area contributed by atoms with Crippen molar-refractivity contribution in [2.24, 2.45) is 5.73 Å². The molecule has 2 aromatic rings. The summed E-state index contributed by atoms with van der Waals surface area (Å²) in [5, 5.41) is 1.21. The molecule has 0 fully saturated rings. The van der Waals surface area contributed by atoms with E-state index in [1.807, 2.05) is 6.07 Å². The predicted molar refractivity (Wildman–Crippen MR) is 70.9 cm³/mol. The number of furan rings is 1. The van der Waals surface area contributed by atoms with E-state index in [2.05, 4.69) is 48.6 Å². The highest BCUT2D eigenvalue weighted by Gasteiger charge is 2.15. The first-order chi connectivity index (χ1) is 7.13. The summed E-state index contributed by atoms with van der Waals surface area (Å²) in [5.74, 6) is 1.37. The van der Waals surface area contributed by atoms with Gasteiger partial charge in [0.15, 0.2) is 0 Å². The van der Waals surface area contributed by atoms with Crippen molar-refractivity contribution in [2.45, 2.75) is 26.3 Å². The Hall–Kier alpha value is -0.550. The SMILES string of the molecule is CC(C)c1c(CN)oc2ccc(I)cc12. The van der Waals surface area contributed by atoms with E-state index in [0.29, 0.717) is 12.5 Å². The van der Waals surface area contributed by atoms with Crippen LogP contribution in [0.2, 0.25) is 0 Å². The largest absolute Gasteiger partial charge is 0.459 e. The van der Waals surface area contributed by atoms with Crippen LogP contribution in [0, 0.1) is 3.57 Å². The van der Waals surface area contributed by atoms with Crippen LogP contribution in [0.1, 0.15) is 31.1 Å². The Kier molecular flexibility index (Phi) is 3.02. The van der Waals surface area contributed by atoms with Crippen molar-refractivity contribution in [3.63, 3.8) is 0 Å². The predicted octanol–water partition coefficient (Wildman–Crippen LogP) is 3.62. The molecule has 2 N–H and O–H groups in total. The summed E-state index contributed by atoms with van der Waals surface area (Å²) in [7, 11) is 0. The molecule has 0 saturated heterocycles. The second-order valence-corrected chi connectivity index (χ2v) is 5.18. The standard InChI is InChI=1S/C12H14INO/c1-7(2)12-9-5-8(13)3-4-10(9)15-11(12)6-14/h3-5,7H,6,14H2,1-2H3. The minimum Gasteiger partial charge on any atom is -0.459 e. The van der Waals surface area contributed by atoms with Crippen molar-refractivity contribution in [1.82, 2.24) is 0 Å². The monoisotopic (exact) mass is 315 g/mol. The molecule has 0 spiro atoms. The van der Waals surface area contributed by atoms with Gasteiger partial charge in [0, 0.05) is 14.5 Å². The zero-order valence-electron chi connectivity index (χ0n) is 8.88. The van der Waals surface area contributed by atoms with Gasteiger partial charge < -0.3 is 10.2 Å². The maximum absolute atomic E-state index is 5.74. The van der Waals surface area contributed by atoms with Crippen LogP contribution in [0.15, 0.2) is 22.6 Å². The normalized spacial score (nSPS) is 11.5. The fraction of sp³-hybridized carbons (Fsp3) is 0.333. The highest BCUT2D eigenvalue weighted by molar-refractivity contribution is 14.1. The molecule has 0 bridgehead atoms. The number of fused-ring (bicyclic) bond motifs is 1. The van der Waals surface area contributed by atoms with Crippen molar-refractivity contribution in [2.75, 3.05) is 0 Å². The lowest BCUT2D eigenvalue weighted by Crippen LogP contribution is -1.99. The van der Waals surface area contributed by atoms with Crippen LogP contribution in [0.3, 0.4) is 0 Å². The maximum Gasteiger partial charge on any atom is 0.134 e. The van der Waals surface area contributed by atoms with E-state index in [-0.39, 0.29) is 0 Å². The molecular weight excluding hydrogens is 301 g/mol. The second-order valence-electron chi connectivity index (χ2n) is 3.94. The summed E-state index contributed by atoms with van der Waals surface area (Å²) in [6.45, 7) is 4.81. The maximum atomic E-state index is 5.74. The van der Waals surface area contributed by atoms with E-state index in [4.69, 9.17) is 10.2 Å². The van der Waals surface area contributed by atoms with Crippen molar-refractivity contribution < 1.29 is 4.42 Å². The number of rotatable bonds is 2. The lowest BCUT2D eigenvalue weighted by atomic mass is 9.99. The molecule has 1 heterocycles. The number of hydrogen-bond acceptors (Lipinski definition) is 2. The van der Waals surface area contributed by atoms with Crippen LogP contribution in [0.4, 0.5) is 0 Å². The molecule has 80 valence electrons. The van der Waals surface area contributed by atoms with Crippen molar-refractivity contribution >= 4 is 33.6 Å². The minimum absolute atomic E-state index is 0.447. The van der Waals surface area contributed by atoms with Gasteiger partial charge in [-0.25, -0.2) is 0 Å². The van der Waals surface area contributed by atoms with Crippen LogP contribution in [0.5, 0.6) is 0 Å². The van der Waals surface area contributed by atoms with Gasteiger partial charge in [-0.1, -0.05) is 13.8 Å². The average molecular weight is 315 g/mol. The highest BCUT2D eigenvalue weighted by atomic mass is 127. The first-order valence-electron chi connectivity index (χ1n) is 5.04. The molecule has 0 amide bonds. The molecule has 1 aromatic carbocycles. The molecule has 1 aromatic heterocycles. The summed E-state index contributed by atoms with van der Waals surface area (Å²) in [4.78, 5) is 0. The second kappa shape index (κ2) is 4.14. The molecule has 0 aliphatic heterocycles. The molecule has 3 heteroatoms. The molecule has 15 heavy (non-hydrogen) atoms. The average Bonchev–Trinajstić information content (AvgIpc) is 2.55. The van der Waals surface area contributed by atoms with Crippen LogP contribution >= 0.6 is 22.6 Å². The van der Waals surface area contributed by atoms with Gasteiger partial charge in [-0.2, -0.15) is 0 Å². The summed E-state index contributed by atoms with van der Waals surface area (Å²) in [6, 6.07) is 6.23. The van der Waals surface area contributed by atoms with Gasteiger partial charge in [-0.3, -0.25) is 0 Å². The lowest BCUT2D eigenvalue weighted by Gasteiger charge is -2.04. The molecule has 0 saturated carbocycles. The number of benzene rings is 1. The Morgan fingerprint density at radius 3 is 2.73 bits per heavy atom. The van der Waals surface area contributed by atoms with Crippen molar-refractivity contribution in [3.05, 3.63) is 33.1 Å². The van der Waals surface area contributed by atoms with E-state index in [1.165, 1.54) is 14.5 Å².